The largest absolute Gasteiger partial charge is 0.449 e. The van der Waals surface area contributed by atoms with Gasteiger partial charge in [-0.05, 0) is 43.3 Å². The van der Waals surface area contributed by atoms with Crippen LogP contribution in [0.15, 0.2) is 72.3 Å². The molecule has 0 atom stereocenters. The fourth-order valence-corrected chi connectivity index (χ4v) is 2.87. The Hall–Kier alpha value is -4.65. The fourth-order valence-electron chi connectivity index (χ4n) is 2.87. The highest BCUT2D eigenvalue weighted by Crippen LogP contribution is 2.38. The van der Waals surface area contributed by atoms with E-state index < -0.39 is 34.0 Å². The summed E-state index contributed by atoms with van der Waals surface area (Å²) in [5.41, 5.74) is -0.685. The van der Waals surface area contributed by atoms with Crippen LogP contribution in [0.5, 0.6) is 11.5 Å². The lowest BCUT2D eigenvalue weighted by molar-refractivity contribution is -0.385. The lowest BCUT2D eigenvalue weighted by atomic mass is 10.1. The van der Waals surface area contributed by atoms with Gasteiger partial charge >= 0.3 is 11.9 Å². The molecule has 10 heteroatoms. The molecule has 0 spiro atoms. The van der Waals surface area contributed by atoms with E-state index in [9.17, 15) is 33.3 Å². The van der Waals surface area contributed by atoms with Gasteiger partial charge in [0.1, 0.15) is 17.4 Å². The zero-order chi connectivity index (χ0) is 24.9. The topological polar surface area (TPSA) is 105 Å². The van der Waals surface area contributed by atoms with Crippen molar-refractivity contribution < 1.29 is 27.6 Å². The summed E-state index contributed by atoms with van der Waals surface area (Å²) in [5.74, 6) is -1.12. The Bertz CT molecular complexity index is 1310. The monoisotopic (exact) mass is 467 g/mol. The number of ether oxygens (including phenoxy) is 1. The number of rotatable bonds is 6. The second-order valence-electron chi connectivity index (χ2n) is 7.07. The second kappa shape index (κ2) is 9.87. The minimum absolute atomic E-state index is 0.00115. The highest BCUT2D eigenvalue weighted by molar-refractivity contribution is 6.09. The number of carbonyl (C=O) groups excluding carboxylic acids is 1. The molecule has 0 heterocycles. The zero-order valence-corrected chi connectivity index (χ0v) is 17.6. The summed E-state index contributed by atoms with van der Waals surface area (Å²) in [5, 5.41) is 23.4. The number of carbonyl (C=O) groups is 1. The van der Waals surface area contributed by atoms with Crippen LogP contribution in [0.4, 0.5) is 24.5 Å². The predicted molar refractivity (Wildman–Crippen MR) is 118 cm³/mol. The number of para-hydroxylation sites is 1. The summed E-state index contributed by atoms with van der Waals surface area (Å²) >= 11 is 0. The molecule has 0 aliphatic carbocycles. The molecule has 0 radical (unpaired) electrons. The van der Waals surface area contributed by atoms with E-state index in [0.29, 0.717) is 17.8 Å². The van der Waals surface area contributed by atoms with Crippen LogP contribution >= 0.6 is 0 Å². The Morgan fingerprint density at radius 2 is 1.76 bits per heavy atom. The van der Waals surface area contributed by atoms with Gasteiger partial charge in [-0.15, -0.1) is 0 Å². The molecule has 34 heavy (non-hydrogen) atoms. The summed E-state index contributed by atoms with van der Waals surface area (Å²) in [7, 11) is 0. The van der Waals surface area contributed by atoms with Crippen LogP contribution in [0.1, 0.15) is 16.7 Å². The van der Waals surface area contributed by atoms with Gasteiger partial charge in [-0.2, -0.15) is 18.4 Å². The number of amides is 1. The van der Waals surface area contributed by atoms with Crippen LogP contribution in [0.2, 0.25) is 0 Å². The fraction of sp³-hybridized carbons (Fsp3) is 0.0833. The Kier molecular flexibility index (Phi) is 6.97. The van der Waals surface area contributed by atoms with Gasteiger partial charge in [0.25, 0.3) is 5.91 Å². The molecule has 0 bridgehead atoms. The third-order valence-electron chi connectivity index (χ3n) is 4.60. The van der Waals surface area contributed by atoms with Gasteiger partial charge < -0.3 is 10.1 Å². The molecule has 1 amide bonds. The minimum atomic E-state index is -4.77. The first-order valence-electron chi connectivity index (χ1n) is 9.71. The van der Waals surface area contributed by atoms with E-state index in [1.807, 2.05) is 6.92 Å². The van der Waals surface area contributed by atoms with Crippen molar-refractivity contribution in [3.63, 3.8) is 0 Å². The van der Waals surface area contributed by atoms with Crippen LogP contribution in [-0.4, -0.2) is 10.8 Å². The summed E-state index contributed by atoms with van der Waals surface area (Å²) in [4.78, 5) is 22.9. The molecule has 7 nitrogen and oxygen atoms in total. The summed E-state index contributed by atoms with van der Waals surface area (Å²) in [6, 6.07) is 16.6. The number of nitrogens with one attached hydrogen (secondary N) is 1. The normalized spacial score (nSPS) is 11.4. The highest BCUT2D eigenvalue weighted by Gasteiger charge is 2.33. The third-order valence-corrected chi connectivity index (χ3v) is 4.60. The molecule has 0 saturated carbocycles. The second-order valence-corrected chi connectivity index (χ2v) is 7.07. The van der Waals surface area contributed by atoms with Gasteiger partial charge in [-0.1, -0.05) is 35.9 Å². The van der Waals surface area contributed by atoms with Crippen molar-refractivity contribution in [2.75, 3.05) is 5.32 Å². The summed E-state index contributed by atoms with van der Waals surface area (Å²) < 4.78 is 44.4. The number of nitrogens with zero attached hydrogens (tertiary/aromatic N) is 2. The van der Waals surface area contributed by atoms with E-state index in [1.54, 1.807) is 36.4 Å². The number of aryl methyl sites for hydroxylation is 1. The zero-order valence-electron chi connectivity index (χ0n) is 17.6. The van der Waals surface area contributed by atoms with E-state index in [1.165, 1.54) is 24.3 Å². The Labute approximate surface area is 191 Å². The van der Waals surface area contributed by atoms with Crippen molar-refractivity contribution in [2.24, 2.45) is 0 Å². The van der Waals surface area contributed by atoms with Crippen molar-refractivity contribution in [1.82, 2.24) is 0 Å². The smallest absolute Gasteiger partial charge is 0.416 e. The Balaban J connectivity index is 1.93. The molecular weight excluding hydrogens is 451 g/mol. The van der Waals surface area contributed by atoms with E-state index in [4.69, 9.17) is 4.74 Å². The maximum Gasteiger partial charge on any atom is 0.416 e. The number of benzene rings is 3. The number of nitro benzene ring substituents is 1. The first kappa shape index (κ1) is 24.0. The lowest BCUT2D eigenvalue weighted by Crippen LogP contribution is -2.13. The van der Waals surface area contributed by atoms with Gasteiger partial charge in [0.15, 0.2) is 0 Å². The molecule has 3 rings (SSSR count). The number of nitro groups is 1. The highest BCUT2D eigenvalue weighted by atomic mass is 19.4. The van der Waals surface area contributed by atoms with Crippen molar-refractivity contribution >= 4 is 23.4 Å². The molecule has 0 aliphatic rings. The maximum atomic E-state index is 12.9. The molecule has 3 aromatic rings. The van der Waals surface area contributed by atoms with Crippen LogP contribution in [0.25, 0.3) is 6.08 Å². The molecule has 0 saturated heterocycles. The lowest BCUT2D eigenvalue weighted by Gasteiger charge is -2.12. The van der Waals surface area contributed by atoms with Crippen LogP contribution in [0.3, 0.4) is 0 Å². The van der Waals surface area contributed by atoms with Gasteiger partial charge in [0.05, 0.1) is 10.5 Å². The Morgan fingerprint density at radius 3 is 2.38 bits per heavy atom. The number of alkyl halides is 3. The molecular formula is C24H16F3N3O4. The van der Waals surface area contributed by atoms with Crippen molar-refractivity contribution in [3.8, 4) is 17.6 Å². The minimum Gasteiger partial charge on any atom is -0.449 e. The van der Waals surface area contributed by atoms with Crippen molar-refractivity contribution in [2.45, 2.75) is 13.1 Å². The van der Waals surface area contributed by atoms with E-state index in [0.717, 1.165) is 11.6 Å². The molecule has 172 valence electrons. The SMILES string of the molecule is Cc1ccc(NC(=O)/C(C#N)=C/c2ccccc2Oc2ccc(C(F)(F)F)cc2[N+](=O)[O-])cc1. The molecule has 3 aromatic carbocycles. The quantitative estimate of drug-likeness (QED) is 0.199. The first-order chi connectivity index (χ1) is 16.1. The predicted octanol–water partition coefficient (Wildman–Crippen LogP) is 6.26. The van der Waals surface area contributed by atoms with Crippen molar-refractivity contribution in [3.05, 3.63) is 99.1 Å². The average Bonchev–Trinajstić information content (AvgIpc) is 2.79. The maximum absolute atomic E-state index is 12.9. The van der Waals surface area contributed by atoms with E-state index >= 15 is 0 Å². The number of hydrogen-bond donors (Lipinski definition) is 1. The number of nitriles is 1. The molecule has 0 aliphatic heterocycles. The van der Waals surface area contributed by atoms with Crippen molar-refractivity contribution in [1.29, 1.82) is 5.26 Å². The van der Waals surface area contributed by atoms with Gasteiger partial charge in [0.2, 0.25) is 5.75 Å². The summed E-state index contributed by atoms with van der Waals surface area (Å²) in [6.07, 6.45) is -3.55. The number of anilines is 1. The Morgan fingerprint density at radius 1 is 1.09 bits per heavy atom. The molecule has 0 aromatic heterocycles. The van der Waals surface area contributed by atoms with Gasteiger partial charge in [0, 0.05) is 17.3 Å². The molecule has 0 unspecified atom stereocenters. The third kappa shape index (κ3) is 5.77. The molecule has 0 fully saturated rings. The average molecular weight is 467 g/mol. The first-order valence-corrected chi connectivity index (χ1v) is 9.71. The van der Waals surface area contributed by atoms with E-state index in [2.05, 4.69) is 5.32 Å². The molecule has 1 N–H and O–H groups in total. The number of halogens is 3. The van der Waals surface area contributed by atoms with Crippen LogP contribution in [-0.2, 0) is 11.0 Å². The van der Waals surface area contributed by atoms with E-state index in [-0.39, 0.29) is 16.9 Å². The van der Waals surface area contributed by atoms with Gasteiger partial charge in [-0.25, -0.2) is 0 Å². The standard InChI is InChI=1S/C24H16F3N3O4/c1-15-6-9-19(10-7-15)29-23(31)17(14-28)12-16-4-2-3-5-21(16)34-22-11-8-18(24(25,26)27)13-20(22)30(32)33/h2-13H,1H3,(H,29,31)/b17-12+. The summed E-state index contributed by atoms with van der Waals surface area (Å²) in [6.45, 7) is 1.88. The number of hydrogen-bond acceptors (Lipinski definition) is 5. The van der Waals surface area contributed by atoms with Crippen LogP contribution in [0, 0.1) is 28.4 Å². The van der Waals surface area contributed by atoms with Gasteiger partial charge in [-0.3, -0.25) is 14.9 Å². The van der Waals surface area contributed by atoms with Crippen LogP contribution < -0.4 is 10.1 Å².